The first-order valence-corrected chi connectivity index (χ1v) is 9.86. The Labute approximate surface area is 158 Å². The number of sulfonamides is 1. The van der Waals surface area contributed by atoms with E-state index in [1.165, 1.54) is 12.1 Å². The standard InChI is InChI=1S/C18H21ClN2O4S/c1-12(2)25-15-6-8-16(9-7-15)26(23,24)20-11-18(22)21-14-5-4-13(3)17(19)10-14/h4-10,12,20H,11H2,1-3H3,(H,21,22). The minimum atomic E-state index is -3.80. The van der Waals surface area contributed by atoms with Crippen LogP contribution in [-0.2, 0) is 14.8 Å². The van der Waals surface area contributed by atoms with Crippen molar-refractivity contribution in [1.82, 2.24) is 4.72 Å². The second-order valence-electron chi connectivity index (χ2n) is 5.97. The van der Waals surface area contributed by atoms with Crippen molar-refractivity contribution in [2.75, 3.05) is 11.9 Å². The molecule has 26 heavy (non-hydrogen) atoms. The molecule has 0 aliphatic heterocycles. The van der Waals surface area contributed by atoms with Crippen molar-refractivity contribution < 1.29 is 17.9 Å². The zero-order chi connectivity index (χ0) is 19.3. The van der Waals surface area contributed by atoms with Crippen molar-refractivity contribution in [2.24, 2.45) is 0 Å². The Morgan fingerprint density at radius 1 is 1.15 bits per heavy atom. The second-order valence-corrected chi connectivity index (χ2v) is 8.15. The molecular weight excluding hydrogens is 376 g/mol. The van der Waals surface area contributed by atoms with Crippen LogP contribution in [0.4, 0.5) is 5.69 Å². The number of hydrogen-bond acceptors (Lipinski definition) is 4. The minimum absolute atomic E-state index is 0.00504. The summed E-state index contributed by atoms with van der Waals surface area (Å²) in [6.45, 7) is 5.22. The fourth-order valence-electron chi connectivity index (χ4n) is 2.09. The van der Waals surface area contributed by atoms with Gasteiger partial charge in [0.1, 0.15) is 5.75 Å². The number of amides is 1. The van der Waals surface area contributed by atoms with Crippen molar-refractivity contribution in [3.63, 3.8) is 0 Å². The average Bonchev–Trinajstić information content (AvgIpc) is 2.56. The molecule has 0 heterocycles. The molecule has 0 radical (unpaired) electrons. The van der Waals surface area contributed by atoms with Crippen molar-refractivity contribution >= 4 is 33.2 Å². The lowest BCUT2D eigenvalue weighted by atomic mass is 10.2. The van der Waals surface area contributed by atoms with Crippen LogP contribution in [0.5, 0.6) is 5.75 Å². The average molecular weight is 397 g/mol. The van der Waals surface area contributed by atoms with E-state index in [2.05, 4.69) is 10.0 Å². The van der Waals surface area contributed by atoms with Gasteiger partial charge in [0.15, 0.2) is 0 Å². The number of hydrogen-bond donors (Lipinski definition) is 2. The number of anilines is 1. The lowest BCUT2D eigenvalue weighted by Gasteiger charge is -2.11. The largest absolute Gasteiger partial charge is 0.491 e. The van der Waals surface area contributed by atoms with Crippen LogP contribution in [0.3, 0.4) is 0 Å². The molecule has 0 fully saturated rings. The van der Waals surface area contributed by atoms with Crippen LogP contribution in [0.25, 0.3) is 0 Å². The van der Waals surface area contributed by atoms with Gasteiger partial charge in [-0.05, 0) is 62.7 Å². The van der Waals surface area contributed by atoms with Crippen LogP contribution in [0.2, 0.25) is 5.02 Å². The predicted octanol–water partition coefficient (Wildman–Crippen LogP) is 3.35. The normalized spacial score (nSPS) is 11.4. The van der Waals surface area contributed by atoms with Crippen LogP contribution >= 0.6 is 11.6 Å². The maximum atomic E-state index is 12.3. The van der Waals surface area contributed by atoms with Gasteiger partial charge in [-0.1, -0.05) is 17.7 Å². The topological polar surface area (TPSA) is 84.5 Å². The highest BCUT2D eigenvalue weighted by atomic mass is 35.5. The predicted molar refractivity (Wildman–Crippen MR) is 102 cm³/mol. The SMILES string of the molecule is Cc1ccc(NC(=O)CNS(=O)(=O)c2ccc(OC(C)C)cc2)cc1Cl. The molecule has 2 aromatic rings. The third-order valence-corrected chi connectivity index (χ3v) is 5.21. The molecule has 0 saturated heterocycles. The Kier molecular flexibility index (Phi) is 6.63. The summed E-state index contributed by atoms with van der Waals surface area (Å²) in [6, 6.07) is 11.1. The van der Waals surface area contributed by atoms with Crippen LogP contribution in [0.15, 0.2) is 47.4 Å². The van der Waals surface area contributed by atoms with Gasteiger partial charge in [-0.2, -0.15) is 0 Å². The molecule has 2 rings (SSSR count). The van der Waals surface area contributed by atoms with Gasteiger partial charge < -0.3 is 10.1 Å². The maximum absolute atomic E-state index is 12.3. The maximum Gasteiger partial charge on any atom is 0.241 e. The quantitative estimate of drug-likeness (QED) is 0.751. The van der Waals surface area contributed by atoms with Crippen molar-refractivity contribution in [2.45, 2.75) is 31.8 Å². The summed E-state index contributed by atoms with van der Waals surface area (Å²) in [4.78, 5) is 12.0. The van der Waals surface area contributed by atoms with Crippen LogP contribution in [0, 0.1) is 6.92 Å². The number of aryl methyl sites for hydroxylation is 1. The molecule has 2 aromatic carbocycles. The van der Waals surface area contributed by atoms with Gasteiger partial charge in [0.2, 0.25) is 15.9 Å². The third kappa shape index (κ3) is 5.72. The molecule has 0 aromatic heterocycles. The third-order valence-electron chi connectivity index (χ3n) is 3.38. The van der Waals surface area contributed by atoms with E-state index in [4.69, 9.17) is 16.3 Å². The smallest absolute Gasteiger partial charge is 0.241 e. The van der Waals surface area contributed by atoms with Gasteiger partial charge >= 0.3 is 0 Å². The number of carbonyl (C=O) groups is 1. The summed E-state index contributed by atoms with van der Waals surface area (Å²) in [5.74, 6) is 0.0844. The van der Waals surface area contributed by atoms with Gasteiger partial charge in [0.05, 0.1) is 17.5 Å². The molecule has 2 N–H and O–H groups in total. The van der Waals surface area contributed by atoms with E-state index in [9.17, 15) is 13.2 Å². The molecule has 0 unspecified atom stereocenters. The fourth-order valence-corrected chi connectivity index (χ4v) is 3.25. The van der Waals surface area contributed by atoms with Gasteiger partial charge in [0.25, 0.3) is 0 Å². The summed E-state index contributed by atoms with van der Waals surface area (Å²) < 4.78 is 32.3. The lowest BCUT2D eigenvalue weighted by molar-refractivity contribution is -0.115. The van der Waals surface area contributed by atoms with E-state index in [1.807, 2.05) is 20.8 Å². The van der Waals surface area contributed by atoms with Crippen LogP contribution in [-0.4, -0.2) is 27.0 Å². The molecule has 1 amide bonds. The number of carbonyl (C=O) groups excluding carboxylic acids is 1. The number of ether oxygens (including phenoxy) is 1. The van der Waals surface area contributed by atoms with Crippen molar-refractivity contribution in [1.29, 1.82) is 0 Å². The summed E-state index contributed by atoms with van der Waals surface area (Å²) in [6.07, 6.45) is -0.00504. The van der Waals surface area contributed by atoms with E-state index < -0.39 is 22.5 Å². The molecule has 0 aliphatic rings. The molecule has 0 spiro atoms. The van der Waals surface area contributed by atoms with Crippen molar-refractivity contribution in [3.05, 3.63) is 53.1 Å². The van der Waals surface area contributed by atoms with Crippen LogP contribution < -0.4 is 14.8 Å². The molecule has 8 heteroatoms. The number of nitrogens with one attached hydrogen (secondary N) is 2. The van der Waals surface area contributed by atoms with Gasteiger partial charge in [0, 0.05) is 10.7 Å². The second kappa shape index (κ2) is 8.53. The van der Waals surface area contributed by atoms with Gasteiger partial charge in [-0.25, -0.2) is 13.1 Å². The molecule has 140 valence electrons. The molecule has 0 bridgehead atoms. The van der Waals surface area contributed by atoms with Crippen molar-refractivity contribution in [3.8, 4) is 5.75 Å². The highest BCUT2D eigenvalue weighted by Gasteiger charge is 2.16. The monoisotopic (exact) mass is 396 g/mol. The first-order valence-electron chi connectivity index (χ1n) is 8.00. The molecule has 0 aliphatic carbocycles. The Bertz CT molecular complexity index is 881. The van der Waals surface area contributed by atoms with Gasteiger partial charge in [-0.3, -0.25) is 4.79 Å². The summed E-state index contributed by atoms with van der Waals surface area (Å²) in [5.41, 5.74) is 1.38. The fraction of sp³-hybridized carbons (Fsp3) is 0.278. The molecule has 0 atom stereocenters. The van der Waals surface area contributed by atoms with E-state index in [0.717, 1.165) is 5.56 Å². The number of rotatable bonds is 7. The highest BCUT2D eigenvalue weighted by molar-refractivity contribution is 7.89. The molecule has 6 nitrogen and oxygen atoms in total. The summed E-state index contributed by atoms with van der Waals surface area (Å²) in [5, 5.41) is 3.11. The van der Waals surface area contributed by atoms with E-state index in [0.29, 0.717) is 16.5 Å². The summed E-state index contributed by atoms with van der Waals surface area (Å²) >= 11 is 6.00. The van der Waals surface area contributed by atoms with E-state index >= 15 is 0 Å². The van der Waals surface area contributed by atoms with E-state index in [1.54, 1.807) is 30.3 Å². The summed E-state index contributed by atoms with van der Waals surface area (Å²) in [7, 11) is -3.80. The Hall–Kier alpha value is -2.09. The molecule has 0 saturated carbocycles. The first kappa shape index (κ1) is 20.2. The highest BCUT2D eigenvalue weighted by Crippen LogP contribution is 2.20. The minimum Gasteiger partial charge on any atom is -0.491 e. The van der Waals surface area contributed by atoms with E-state index in [-0.39, 0.29) is 11.0 Å². The number of benzene rings is 2. The Morgan fingerprint density at radius 3 is 2.38 bits per heavy atom. The Balaban J connectivity index is 1.96. The lowest BCUT2D eigenvalue weighted by Crippen LogP contribution is -2.32. The zero-order valence-electron chi connectivity index (χ0n) is 14.7. The zero-order valence-corrected chi connectivity index (χ0v) is 16.3. The Morgan fingerprint density at radius 2 is 1.81 bits per heavy atom. The number of halogens is 1. The van der Waals surface area contributed by atoms with Crippen LogP contribution in [0.1, 0.15) is 19.4 Å². The first-order chi connectivity index (χ1) is 12.2. The molecular formula is C18H21ClN2O4S. The van der Waals surface area contributed by atoms with Gasteiger partial charge in [-0.15, -0.1) is 0 Å².